The van der Waals surface area contributed by atoms with Gasteiger partial charge in [-0.05, 0) is 28.1 Å². The second kappa shape index (κ2) is 5.83. The maximum absolute atomic E-state index is 11.5. The predicted octanol–water partition coefficient (Wildman–Crippen LogP) is 0.682. The van der Waals surface area contributed by atoms with Gasteiger partial charge >= 0.3 is 5.69 Å². The van der Waals surface area contributed by atoms with Gasteiger partial charge in [-0.3, -0.25) is 14.3 Å². The standard InChI is InChI=1S/C11H12BrN3O3/c12-9-7-15(11(17)14-10(9)16)4-3-13-6-8-2-1-5-18-8/h1-2,5,7,13H,3-4,6H2,(H,14,16,17). The minimum atomic E-state index is -0.417. The van der Waals surface area contributed by atoms with Crippen LogP contribution in [0.4, 0.5) is 0 Å². The summed E-state index contributed by atoms with van der Waals surface area (Å²) in [5.41, 5.74) is -0.831. The molecule has 18 heavy (non-hydrogen) atoms. The molecule has 0 aliphatic rings. The van der Waals surface area contributed by atoms with Crippen molar-refractivity contribution in [3.8, 4) is 0 Å². The van der Waals surface area contributed by atoms with Crippen LogP contribution in [-0.2, 0) is 13.1 Å². The van der Waals surface area contributed by atoms with Crippen molar-refractivity contribution >= 4 is 15.9 Å². The van der Waals surface area contributed by atoms with Gasteiger partial charge in [0.05, 0.1) is 17.3 Å². The fraction of sp³-hybridized carbons (Fsp3) is 0.273. The quantitative estimate of drug-likeness (QED) is 0.796. The molecule has 6 nitrogen and oxygen atoms in total. The Hall–Kier alpha value is -1.60. The molecule has 2 N–H and O–H groups in total. The maximum Gasteiger partial charge on any atom is 0.328 e. The largest absolute Gasteiger partial charge is 0.468 e. The number of hydrogen-bond acceptors (Lipinski definition) is 4. The first-order chi connectivity index (χ1) is 8.66. The first kappa shape index (κ1) is 12.8. The average Bonchev–Trinajstić information content (AvgIpc) is 2.84. The van der Waals surface area contributed by atoms with E-state index in [1.54, 1.807) is 6.26 Å². The highest BCUT2D eigenvalue weighted by Gasteiger charge is 2.01. The molecule has 96 valence electrons. The van der Waals surface area contributed by atoms with Crippen LogP contribution in [0.3, 0.4) is 0 Å². The van der Waals surface area contributed by atoms with Crippen LogP contribution in [0, 0.1) is 0 Å². The number of nitrogens with zero attached hydrogens (tertiary/aromatic N) is 1. The van der Waals surface area contributed by atoms with E-state index in [0.717, 1.165) is 5.76 Å². The number of aromatic amines is 1. The molecule has 2 aromatic heterocycles. The molecule has 7 heteroatoms. The van der Waals surface area contributed by atoms with Crippen molar-refractivity contribution in [2.45, 2.75) is 13.1 Å². The molecule has 0 aromatic carbocycles. The van der Waals surface area contributed by atoms with Crippen LogP contribution in [0.25, 0.3) is 0 Å². The summed E-state index contributed by atoms with van der Waals surface area (Å²) in [6.45, 7) is 1.67. The molecule has 0 radical (unpaired) electrons. The zero-order valence-electron chi connectivity index (χ0n) is 9.48. The molecular formula is C11H12BrN3O3. The number of halogens is 1. The van der Waals surface area contributed by atoms with E-state index >= 15 is 0 Å². The lowest BCUT2D eigenvalue weighted by atomic mass is 10.4. The lowest BCUT2D eigenvalue weighted by molar-refractivity contribution is 0.473. The van der Waals surface area contributed by atoms with E-state index in [2.05, 4.69) is 26.2 Å². The van der Waals surface area contributed by atoms with Crippen molar-refractivity contribution in [2.75, 3.05) is 6.54 Å². The Bertz CT molecular complexity index is 615. The number of aromatic nitrogens is 2. The van der Waals surface area contributed by atoms with Crippen molar-refractivity contribution in [1.82, 2.24) is 14.9 Å². The topological polar surface area (TPSA) is 80.0 Å². The Kier molecular flexibility index (Phi) is 4.16. The second-order valence-electron chi connectivity index (χ2n) is 3.69. The first-order valence-electron chi connectivity index (χ1n) is 5.39. The van der Waals surface area contributed by atoms with E-state index in [0.29, 0.717) is 24.1 Å². The average molecular weight is 314 g/mol. The number of rotatable bonds is 5. The summed E-state index contributed by atoms with van der Waals surface area (Å²) in [6.07, 6.45) is 3.09. The molecule has 0 aliphatic carbocycles. The molecule has 0 bridgehead atoms. The third-order valence-corrected chi connectivity index (χ3v) is 2.94. The van der Waals surface area contributed by atoms with Crippen molar-refractivity contribution < 1.29 is 4.42 Å². The van der Waals surface area contributed by atoms with Crippen LogP contribution in [-0.4, -0.2) is 16.1 Å². The van der Waals surface area contributed by atoms with Crippen molar-refractivity contribution in [2.24, 2.45) is 0 Å². The summed E-state index contributed by atoms with van der Waals surface area (Å²) in [4.78, 5) is 24.8. The van der Waals surface area contributed by atoms with Crippen LogP contribution in [0.5, 0.6) is 0 Å². The molecule has 2 aromatic rings. The van der Waals surface area contributed by atoms with Gasteiger partial charge < -0.3 is 9.73 Å². The smallest absolute Gasteiger partial charge is 0.328 e. The normalized spacial score (nSPS) is 10.7. The number of nitrogens with one attached hydrogen (secondary N) is 2. The summed E-state index contributed by atoms with van der Waals surface area (Å²) >= 11 is 3.08. The Morgan fingerprint density at radius 2 is 2.28 bits per heavy atom. The lowest BCUT2D eigenvalue weighted by Gasteiger charge is -2.06. The Morgan fingerprint density at radius 1 is 1.44 bits per heavy atom. The van der Waals surface area contributed by atoms with Crippen LogP contribution in [0.1, 0.15) is 5.76 Å². The molecule has 0 spiro atoms. The Morgan fingerprint density at radius 3 is 3.00 bits per heavy atom. The fourth-order valence-corrected chi connectivity index (χ4v) is 1.82. The van der Waals surface area contributed by atoms with Crippen LogP contribution in [0.2, 0.25) is 0 Å². The van der Waals surface area contributed by atoms with Gasteiger partial charge in [-0.1, -0.05) is 0 Å². The van der Waals surface area contributed by atoms with E-state index < -0.39 is 11.2 Å². The molecule has 0 amide bonds. The summed E-state index contributed by atoms with van der Waals surface area (Å²) in [5, 5.41) is 3.14. The van der Waals surface area contributed by atoms with Crippen molar-refractivity contribution in [1.29, 1.82) is 0 Å². The van der Waals surface area contributed by atoms with E-state index in [1.165, 1.54) is 10.8 Å². The van der Waals surface area contributed by atoms with Gasteiger partial charge in [0.25, 0.3) is 5.56 Å². The molecule has 2 heterocycles. The zero-order chi connectivity index (χ0) is 13.0. The summed E-state index contributed by atoms with van der Waals surface area (Å²) in [6, 6.07) is 3.69. The predicted molar refractivity (Wildman–Crippen MR) is 69.4 cm³/mol. The highest BCUT2D eigenvalue weighted by Crippen LogP contribution is 1.99. The minimum absolute atomic E-state index is 0.341. The summed E-state index contributed by atoms with van der Waals surface area (Å²) in [5.74, 6) is 0.838. The van der Waals surface area contributed by atoms with Crippen molar-refractivity contribution in [3.63, 3.8) is 0 Å². The van der Waals surface area contributed by atoms with Gasteiger partial charge in [0.15, 0.2) is 0 Å². The number of H-pyrrole nitrogens is 1. The highest BCUT2D eigenvalue weighted by molar-refractivity contribution is 9.10. The molecule has 0 unspecified atom stereocenters. The SMILES string of the molecule is O=c1[nH]c(=O)n(CCNCc2ccco2)cc1Br. The second-order valence-corrected chi connectivity index (χ2v) is 4.54. The molecule has 0 fully saturated rings. The van der Waals surface area contributed by atoms with Crippen LogP contribution < -0.4 is 16.6 Å². The van der Waals surface area contributed by atoms with Gasteiger partial charge in [0.1, 0.15) is 5.76 Å². The Balaban J connectivity index is 1.89. The monoisotopic (exact) mass is 313 g/mol. The van der Waals surface area contributed by atoms with Crippen LogP contribution >= 0.6 is 15.9 Å². The van der Waals surface area contributed by atoms with Gasteiger partial charge in [0, 0.05) is 19.3 Å². The van der Waals surface area contributed by atoms with Gasteiger partial charge in [0.2, 0.25) is 0 Å². The minimum Gasteiger partial charge on any atom is -0.468 e. The van der Waals surface area contributed by atoms with E-state index in [1.807, 2.05) is 12.1 Å². The van der Waals surface area contributed by atoms with Gasteiger partial charge in [-0.25, -0.2) is 4.79 Å². The maximum atomic E-state index is 11.5. The molecule has 0 saturated heterocycles. The first-order valence-corrected chi connectivity index (χ1v) is 6.18. The summed E-state index contributed by atoms with van der Waals surface area (Å²) in [7, 11) is 0. The molecule has 2 rings (SSSR count). The molecule has 0 saturated carbocycles. The molecular weight excluding hydrogens is 302 g/mol. The highest BCUT2D eigenvalue weighted by atomic mass is 79.9. The summed E-state index contributed by atoms with van der Waals surface area (Å²) < 4.78 is 6.93. The number of hydrogen-bond donors (Lipinski definition) is 2. The van der Waals surface area contributed by atoms with Gasteiger partial charge in [-0.15, -0.1) is 0 Å². The zero-order valence-corrected chi connectivity index (χ0v) is 11.1. The van der Waals surface area contributed by atoms with Crippen LogP contribution in [0.15, 0.2) is 43.1 Å². The fourth-order valence-electron chi connectivity index (χ4n) is 1.47. The van der Waals surface area contributed by atoms with Crippen molar-refractivity contribution in [3.05, 3.63) is 55.7 Å². The van der Waals surface area contributed by atoms with E-state index in [9.17, 15) is 9.59 Å². The lowest BCUT2D eigenvalue weighted by Crippen LogP contribution is -2.32. The Labute approximate surface area is 111 Å². The van der Waals surface area contributed by atoms with Gasteiger partial charge in [-0.2, -0.15) is 0 Å². The number of furan rings is 1. The van der Waals surface area contributed by atoms with E-state index in [-0.39, 0.29) is 0 Å². The van der Waals surface area contributed by atoms with E-state index in [4.69, 9.17) is 4.42 Å². The molecule has 0 aliphatic heterocycles. The molecule has 0 atom stereocenters. The third kappa shape index (κ3) is 3.21. The third-order valence-electron chi connectivity index (χ3n) is 2.38.